The molecule has 1 aromatic carbocycles. The van der Waals surface area contributed by atoms with Crippen molar-refractivity contribution in [1.82, 2.24) is 4.90 Å². The SMILES string of the molecule is Cc1ccccc1NCCN(C)C(C)c1cccs1. The van der Waals surface area contributed by atoms with E-state index in [1.54, 1.807) is 0 Å². The monoisotopic (exact) mass is 274 g/mol. The van der Waals surface area contributed by atoms with Crippen molar-refractivity contribution < 1.29 is 0 Å². The van der Waals surface area contributed by atoms with Gasteiger partial charge in [0, 0.05) is 29.7 Å². The number of nitrogens with zero attached hydrogens (tertiary/aromatic N) is 1. The van der Waals surface area contributed by atoms with Crippen LogP contribution in [0.3, 0.4) is 0 Å². The maximum Gasteiger partial charge on any atom is 0.0411 e. The summed E-state index contributed by atoms with van der Waals surface area (Å²) in [5.74, 6) is 0. The highest BCUT2D eigenvalue weighted by atomic mass is 32.1. The van der Waals surface area contributed by atoms with Crippen LogP contribution in [0.25, 0.3) is 0 Å². The van der Waals surface area contributed by atoms with Crippen molar-refractivity contribution in [3.8, 4) is 0 Å². The highest BCUT2D eigenvalue weighted by Crippen LogP contribution is 2.23. The van der Waals surface area contributed by atoms with Gasteiger partial charge in [-0.15, -0.1) is 11.3 Å². The number of anilines is 1. The molecule has 2 nitrogen and oxygen atoms in total. The smallest absolute Gasteiger partial charge is 0.0411 e. The predicted molar refractivity (Wildman–Crippen MR) is 85.0 cm³/mol. The molecule has 0 fully saturated rings. The van der Waals surface area contributed by atoms with Crippen molar-refractivity contribution in [3.63, 3.8) is 0 Å². The second-order valence-electron chi connectivity index (χ2n) is 4.91. The summed E-state index contributed by atoms with van der Waals surface area (Å²) in [5, 5.41) is 5.65. The molecular weight excluding hydrogens is 252 g/mol. The summed E-state index contributed by atoms with van der Waals surface area (Å²) >= 11 is 1.83. The van der Waals surface area contributed by atoms with Gasteiger partial charge in [0.25, 0.3) is 0 Å². The Morgan fingerprint density at radius 3 is 2.68 bits per heavy atom. The average Bonchev–Trinajstić information content (AvgIpc) is 2.94. The maximum absolute atomic E-state index is 3.51. The topological polar surface area (TPSA) is 15.3 Å². The summed E-state index contributed by atoms with van der Waals surface area (Å²) < 4.78 is 0. The molecule has 1 heterocycles. The van der Waals surface area contributed by atoms with Crippen LogP contribution in [0.4, 0.5) is 5.69 Å². The zero-order valence-corrected chi connectivity index (χ0v) is 12.7. The third-order valence-electron chi connectivity index (χ3n) is 3.54. The van der Waals surface area contributed by atoms with Crippen molar-refractivity contribution in [2.45, 2.75) is 19.9 Å². The molecule has 0 saturated carbocycles. The minimum Gasteiger partial charge on any atom is -0.384 e. The molecule has 0 aliphatic rings. The number of nitrogens with one attached hydrogen (secondary N) is 1. The van der Waals surface area contributed by atoms with Crippen LogP contribution >= 0.6 is 11.3 Å². The quantitative estimate of drug-likeness (QED) is 0.851. The van der Waals surface area contributed by atoms with Gasteiger partial charge in [0.05, 0.1) is 0 Å². The van der Waals surface area contributed by atoms with E-state index in [0.717, 1.165) is 13.1 Å². The van der Waals surface area contributed by atoms with Gasteiger partial charge in [0.2, 0.25) is 0 Å². The molecule has 0 amide bonds. The standard InChI is InChI=1S/C16H22N2S/c1-13-7-4-5-8-15(13)17-10-11-18(3)14(2)16-9-6-12-19-16/h4-9,12,14,17H,10-11H2,1-3H3. The van der Waals surface area contributed by atoms with Crippen LogP contribution < -0.4 is 5.32 Å². The summed E-state index contributed by atoms with van der Waals surface area (Å²) in [6.45, 7) is 6.41. The lowest BCUT2D eigenvalue weighted by atomic mass is 10.2. The molecule has 0 bridgehead atoms. The van der Waals surface area contributed by atoms with Crippen LogP contribution in [-0.2, 0) is 0 Å². The Morgan fingerprint density at radius 2 is 2.00 bits per heavy atom. The molecule has 1 atom stereocenters. The Bertz CT molecular complexity index is 493. The first-order chi connectivity index (χ1) is 9.18. The third-order valence-corrected chi connectivity index (χ3v) is 4.58. The largest absolute Gasteiger partial charge is 0.384 e. The molecule has 2 rings (SSSR count). The van der Waals surface area contributed by atoms with Crippen LogP contribution in [0.15, 0.2) is 41.8 Å². The number of likely N-dealkylation sites (N-methyl/N-ethyl adjacent to an activating group) is 1. The predicted octanol–water partition coefficient (Wildman–Crippen LogP) is 4.16. The molecule has 1 N–H and O–H groups in total. The number of para-hydroxylation sites is 1. The molecular formula is C16H22N2S. The average molecular weight is 274 g/mol. The molecule has 0 saturated heterocycles. The number of thiophene rings is 1. The molecule has 0 aliphatic heterocycles. The highest BCUT2D eigenvalue weighted by molar-refractivity contribution is 7.10. The van der Waals surface area contributed by atoms with E-state index in [9.17, 15) is 0 Å². The number of rotatable bonds is 6. The van der Waals surface area contributed by atoms with Gasteiger partial charge in [0.1, 0.15) is 0 Å². The van der Waals surface area contributed by atoms with Crippen LogP contribution in [0, 0.1) is 6.92 Å². The van der Waals surface area contributed by atoms with Gasteiger partial charge in [-0.3, -0.25) is 4.90 Å². The zero-order valence-electron chi connectivity index (χ0n) is 11.9. The molecule has 0 aliphatic carbocycles. The molecule has 1 aromatic heterocycles. The van der Waals surface area contributed by atoms with E-state index >= 15 is 0 Å². The fourth-order valence-corrected chi connectivity index (χ4v) is 2.93. The van der Waals surface area contributed by atoms with Gasteiger partial charge in [-0.2, -0.15) is 0 Å². The van der Waals surface area contributed by atoms with Crippen molar-refractivity contribution in [3.05, 3.63) is 52.2 Å². The lowest BCUT2D eigenvalue weighted by molar-refractivity contribution is 0.275. The number of benzene rings is 1. The minimum absolute atomic E-state index is 0.485. The second kappa shape index (κ2) is 6.73. The van der Waals surface area contributed by atoms with Crippen LogP contribution in [-0.4, -0.2) is 25.0 Å². The summed E-state index contributed by atoms with van der Waals surface area (Å²) in [5.41, 5.74) is 2.54. The molecule has 0 spiro atoms. The van der Waals surface area contributed by atoms with E-state index in [1.807, 2.05) is 11.3 Å². The number of aryl methyl sites for hydroxylation is 1. The van der Waals surface area contributed by atoms with E-state index in [1.165, 1.54) is 16.1 Å². The third kappa shape index (κ3) is 3.82. The first-order valence-electron chi connectivity index (χ1n) is 6.71. The van der Waals surface area contributed by atoms with Crippen LogP contribution in [0.2, 0.25) is 0 Å². The maximum atomic E-state index is 3.51. The number of hydrogen-bond donors (Lipinski definition) is 1. The summed E-state index contributed by atoms with van der Waals surface area (Å²) in [4.78, 5) is 3.82. The second-order valence-corrected chi connectivity index (χ2v) is 5.89. The van der Waals surface area contributed by atoms with Crippen molar-refractivity contribution in [2.24, 2.45) is 0 Å². The lowest BCUT2D eigenvalue weighted by Gasteiger charge is -2.24. The summed E-state index contributed by atoms with van der Waals surface area (Å²) in [7, 11) is 2.18. The van der Waals surface area contributed by atoms with Gasteiger partial charge in [-0.25, -0.2) is 0 Å². The van der Waals surface area contributed by atoms with E-state index < -0.39 is 0 Å². The molecule has 102 valence electrons. The van der Waals surface area contributed by atoms with Crippen LogP contribution in [0.5, 0.6) is 0 Å². The zero-order chi connectivity index (χ0) is 13.7. The minimum atomic E-state index is 0.485. The summed E-state index contributed by atoms with van der Waals surface area (Å²) in [6.07, 6.45) is 0. The normalized spacial score (nSPS) is 12.6. The fraction of sp³-hybridized carbons (Fsp3) is 0.375. The van der Waals surface area contributed by atoms with Gasteiger partial charge < -0.3 is 5.32 Å². The molecule has 19 heavy (non-hydrogen) atoms. The van der Waals surface area contributed by atoms with E-state index in [4.69, 9.17) is 0 Å². The van der Waals surface area contributed by atoms with Crippen molar-refractivity contribution in [2.75, 3.05) is 25.5 Å². The fourth-order valence-electron chi connectivity index (χ4n) is 2.08. The Morgan fingerprint density at radius 1 is 1.21 bits per heavy atom. The first-order valence-corrected chi connectivity index (χ1v) is 7.59. The van der Waals surface area contributed by atoms with Gasteiger partial charge in [-0.1, -0.05) is 24.3 Å². The lowest BCUT2D eigenvalue weighted by Crippen LogP contribution is -2.27. The van der Waals surface area contributed by atoms with Gasteiger partial charge >= 0.3 is 0 Å². The Balaban J connectivity index is 1.81. The van der Waals surface area contributed by atoms with E-state index in [0.29, 0.717) is 6.04 Å². The van der Waals surface area contributed by atoms with Crippen LogP contribution in [0.1, 0.15) is 23.4 Å². The first kappa shape index (κ1) is 14.1. The summed E-state index contributed by atoms with van der Waals surface area (Å²) in [6, 6.07) is 13.2. The highest BCUT2D eigenvalue weighted by Gasteiger charge is 2.11. The van der Waals surface area contributed by atoms with Crippen molar-refractivity contribution >= 4 is 17.0 Å². The van der Waals surface area contributed by atoms with Crippen molar-refractivity contribution in [1.29, 1.82) is 0 Å². The van der Waals surface area contributed by atoms with E-state index in [-0.39, 0.29) is 0 Å². The Kier molecular flexibility index (Phi) is 5.00. The Labute approximate surface area is 120 Å². The van der Waals surface area contributed by atoms with Gasteiger partial charge in [-0.05, 0) is 44.0 Å². The van der Waals surface area contributed by atoms with E-state index in [2.05, 4.69) is 72.9 Å². The number of hydrogen-bond acceptors (Lipinski definition) is 3. The Hall–Kier alpha value is -1.32. The van der Waals surface area contributed by atoms with Gasteiger partial charge in [0.15, 0.2) is 0 Å². The molecule has 2 aromatic rings. The molecule has 1 unspecified atom stereocenters. The molecule has 3 heteroatoms. The molecule has 0 radical (unpaired) electrons.